The predicted octanol–water partition coefficient (Wildman–Crippen LogP) is 2.21. The van der Waals surface area contributed by atoms with Crippen LogP contribution >= 0.6 is 11.3 Å². The zero-order chi connectivity index (χ0) is 19.0. The summed E-state index contributed by atoms with van der Waals surface area (Å²) in [6.07, 6.45) is 4.07. The smallest absolute Gasteiger partial charge is 0.259 e. The van der Waals surface area contributed by atoms with Crippen LogP contribution in [0.1, 0.15) is 43.0 Å². The number of H-pyrrole nitrogens is 1. The number of aromatic amines is 1. The van der Waals surface area contributed by atoms with Crippen LogP contribution in [0.2, 0.25) is 0 Å². The van der Waals surface area contributed by atoms with E-state index in [1.54, 1.807) is 11.3 Å². The highest BCUT2D eigenvalue weighted by Gasteiger charge is 2.24. The van der Waals surface area contributed by atoms with E-state index in [0.717, 1.165) is 62.2 Å². The maximum atomic E-state index is 12.6. The first-order chi connectivity index (χ1) is 13.0. The Kier molecular flexibility index (Phi) is 5.32. The van der Waals surface area contributed by atoms with Gasteiger partial charge in [0, 0.05) is 43.9 Å². The molecule has 1 atom stereocenters. The third-order valence-corrected chi connectivity index (χ3v) is 7.11. The van der Waals surface area contributed by atoms with Crippen molar-refractivity contribution in [3.8, 4) is 0 Å². The minimum absolute atomic E-state index is 0.0361. The molecule has 1 N–H and O–H groups in total. The number of hydrogen-bond acceptors (Lipinski definition) is 5. The molecule has 2 aromatic heterocycles. The van der Waals surface area contributed by atoms with Crippen molar-refractivity contribution in [1.29, 1.82) is 0 Å². The molecule has 4 rings (SSSR count). The van der Waals surface area contributed by atoms with E-state index >= 15 is 0 Å². The molecule has 1 saturated heterocycles. The lowest BCUT2D eigenvalue weighted by molar-refractivity contribution is -0.132. The van der Waals surface area contributed by atoms with Crippen molar-refractivity contribution in [2.45, 2.75) is 46.0 Å². The van der Waals surface area contributed by atoms with Crippen molar-refractivity contribution in [3.63, 3.8) is 0 Å². The Morgan fingerprint density at radius 2 is 2.07 bits per heavy atom. The Labute approximate surface area is 163 Å². The molecule has 1 aliphatic heterocycles. The van der Waals surface area contributed by atoms with Crippen LogP contribution in [0.3, 0.4) is 0 Å². The molecule has 27 heavy (non-hydrogen) atoms. The first kappa shape index (κ1) is 18.6. The van der Waals surface area contributed by atoms with Gasteiger partial charge in [0.05, 0.1) is 5.39 Å². The molecular weight excluding hydrogens is 360 g/mol. The molecule has 7 heteroatoms. The van der Waals surface area contributed by atoms with Gasteiger partial charge in [-0.3, -0.25) is 9.59 Å². The van der Waals surface area contributed by atoms with Crippen LogP contribution in [0.15, 0.2) is 4.79 Å². The molecule has 0 saturated carbocycles. The van der Waals surface area contributed by atoms with E-state index in [2.05, 4.69) is 23.7 Å². The second-order valence-electron chi connectivity index (χ2n) is 7.86. The van der Waals surface area contributed by atoms with Crippen molar-refractivity contribution >= 4 is 27.5 Å². The summed E-state index contributed by atoms with van der Waals surface area (Å²) in [4.78, 5) is 39.2. The zero-order valence-electron chi connectivity index (χ0n) is 16.2. The summed E-state index contributed by atoms with van der Waals surface area (Å²) < 4.78 is 0. The van der Waals surface area contributed by atoms with E-state index in [4.69, 9.17) is 4.98 Å². The number of piperazine rings is 1. The fourth-order valence-electron chi connectivity index (χ4n) is 4.21. The van der Waals surface area contributed by atoms with E-state index in [9.17, 15) is 9.59 Å². The fourth-order valence-corrected chi connectivity index (χ4v) is 5.61. The molecule has 3 heterocycles. The minimum Gasteiger partial charge on any atom is -0.340 e. The molecule has 0 bridgehead atoms. The number of likely N-dealkylation sites (N-methyl/N-ethyl adjacent to an activating group) is 1. The van der Waals surface area contributed by atoms with Crippen LogP contribution in [-0.4, -0.2) is 58.4 Å². The largest absolute Gasteiger partial charge is 0.340 e. The standard InChI is InChI=1S/C20H28N4O2S/c1-3-23-8-10-24(11-9-23)17(25)7-6-16-21-19(26)18-14-5-4-13(2)12-15(14)27-20(18)22-16/h13H,3-12H2,1-2H3,(H,21,22,26). The Hall–Kier alpha value is -1.73. The van der Waals surface area contributed by atoms with E-state index in [0.29, 0.717) is 24.6 Å². The monoisotopic (exact) mass is 388 g/mol. The van der Waals surface area contributed by atoms with E-state index < -0.39 is 0 Å². The average molecular weight is 389 g/mol. The molecule has 1 aliphatic carbocycles. The molecule has 1 unspecified atom stereocenters. The molecule has 146 valence electrons. The number of hydrogen-bond donors (Lipinski definition) is 1. The Balaban J connectivity index is 1.45. The minimum atomic E-state index is -0.0361. The van der Waals surface area contributed by atoms with Crippen LogP contribution in [0.5, 0.6) is 0 Å². The lowest BCUT2D eigenvalue weighted by Crippen LogP contribution is -2.48. The normalized spacial score (nSPS) is 20.8. The third kappa shape index (κ3) is 3.80. The quantitative estimate of drug-likeness (QED) is 0.872. The van der Waals surface area contributed by atoms with Gasteiger partial charge < -0.3 is 14.8 Å². The van der Waals surface area contributed by atoms with Crippen molar-refractivity contribution in [1.82, 2.24) is 19.8 Å². The summed E-state index contributed by atoms with van der Waals surface area (Å²) in [6, 6.07) is 0. The maximum Gasteiger partial charge on any atom is 0.259 e. The van der Waals surface area contributed by atoms with E-state index in [-0.39, 0.29) is 11.5 Å². The van der Waals surface area contributed by atoms with Crippen molar-refractivity contribution in [2.75, 3.05) is 32.7 Å². The molecule has 1 amide bonds. The van der Waals surface area contributed by atoms with Crippen molar-refractivity contribution < 1.29 is 4.79 Å². The SMILES string of the molecule is CCN1CCN(C(=O)CCc2nc3sc4c(c3c(=O)[nH]2)CCC(C)C4)CC1. The number of nitrogens with one attached hydrogen (secondary N) is 1. The number of carbonyl (C=O) groups is 1. The number of carbonyl (C=O) groups excluding carboxylic acids is 1. The van der Waals surface area contributed by atoms with Gasteiger partial charge in [-0.2, -0.15) is 0 Å². The number of aromatic nitrogens is 2. The molecule has 1 fully saturated rings. The molecule has 2 aliphatic rings. The summed E-state index contributed by atoms with van der Waals surface area (Å²) >= 11 is 1.66. The Morgan fingerprint density at radius 1 is 1.30 bits per heavy atom. The maximum absolute atomic E-state index is 12.6. The third-order valence-electron chi connectivity index (χ3n) is 5.96. The van der Waals surface area contributed by atoms with Gasteiger partial charge in [0.15, 0.2) is 0 Å². The van der Waals surface area contributed by atoms with Crippen LogP contribution in [0.4, 0.5) is 0 Å². The van der Waals surface area contributed by atoms with Gasteiger partial charge in [0.25, 0.3) is 5.56 Å². The Bertz CT molecular complexity index is 895. The number of thiophene rings is 1. The summed E-state index contributed by atoms with van der Waals surface area (Å²) in [5, 5.41) is 0.785. The van der Waals surface area contributed by atoms with Crippen LogP contribution in [0.25, 0.3) is 10.2 Å². The van der Waals surface area contributed by atoms with Crippen molar-refractivity contribution in [2.24, 2.45) is 5.92 Å². The highest BCUT2D eigenvalue weighted by molar-refractivity contribution is 7.18. The van der Waals surface area contributed by atoms with Gasteiger partial charge >= 0.3 is 0 Å². The van der Waals surface area contributed by atoms with Gasteiger partial charge in [0.1, 0.15) is 10.7 Å². The van der Waals surface area contributed by atoms with Crippen LogP contribution < -0.4 is 5.56 Å². The molecule has 2 aromatic rings. The number of nitrogens with zero attached hydrogens (tertiary/aromatic N) is 3. The Morgan fingerprint density at radius 3 is 2.81 bits per heavy atom. The highest BCUT2D eigenvalue weighted by atomic mass is 32.1. The molecular formula is C20H28N4O2S. The summed E-state index contributed by atoms with van der Waals surface area (Å²) in [6.45, 7) is 8.94. The lowest BCUT2D eigenvalue weighted by atomic mass is 9.89. The molecule has 0 radical (unpaired) electrons. The second-order valence-corrected chi connectivity index (χ2v) is 8.94. The number of amides is 1. The topological polar surface area (TPSA) is 69.3 Å². The highest BCUT2D eigenvalue weighted by Crippen LogP contribution is 2.35. The van der Waals surface area contributed by atoms with Gasteiger partial charge in [-0.25, -0.2) is 4.98 Å². The van der Waals surface area contributed by atoms with Gasteiger partial charge in [0.2, 0.25) is 5.91 Å². The van der Waals surface area contributed by atoms with Crippen LogP contribution in [-0.2, 0) is 24.1 Å². The average Bonchev–Trinajstić information content (AvgIpc) is 3.03. The van der Waals surface area contributed by atoms with Crippen molar-refractivity contribution in [3.05, 3.63) is 26.6 Å². The van der Waals surface area contributed by atoms with Gasteiger partial charge in [-0.05, 0) is 37.3 Å². The number of rotatable bonds is 4. The molecule has 0 aromatic carbocycles. The summed E-state index contributed by atoms with van der Waals surface area (Å²) in [7, 11) is 0. The number of aryl methyl sites for hydroxylation is 2. The zero-order valence-corrected chi connectivity index (χ0v) is 17.0. The second kappa shape index (κ2) is 7.72. The molecule has 6 nitrogen and oxygen atoms in total. The number of fused-ring (bicyclic) bond motifs is 3. The lowest BCUT2D eigenvalue weighted by Gasteiger charge is -2.34. The predicted molar refractivity (Wildman–Crippen MR) is 108 cm³/mol. The first-order valence-electron chi connectivity index (χ1n) is 10.1. The van der Waals surface area contributed by atoms with E-state index in [1.807, 2.05) is 4.90 Å². The van der Waals surface area contributed by atoms with E-state index in [1.165, 1.54) is 10.4 Å². The van der Waals surface area contributed by atoms with Gasteiger partial charge in [-0.15, -0.1) is 11.3 Å². The van der Waals surface area contributed by atoms with Crippen LogP contribution in [0, 0.1) is 5.92 Å². The first-order valence-corrected chi connectivity index (χ1v) is 10.9. The molecule has 0 spiro atoms. The fraction of sp³-hybridized carbons (Fsp3) is 0.650. The summed E-state index contributed by atoms with van der Waals surface area (Å²) in [5.41, 5.74) is 1.17. The summed E-state index contributed by atoms with van der Waals surface area (Å²) in [5.74, 6) is 1.47. The van der Waals surface area contributed by atoms with Gasteiger partial charge in [-0.1, -0.05) is 13.8 Å².